The van der Waals surface area contributed by atoms with E-state index in [0.29, 0.717) is 18.0 Å². The van der Waals surface area contributed by atoms with E-state index in [-0.39, 0.29) is 23.0 Å². The summed E-state index contributed by atoms with van der Waals surface area (Å²) in [7, 11) is -4.15. The summed E-state index contributed by atoms with van der Waals surface area (Å²) in [4.78, 5) is 29.0. The number of unbranched alkanes of at least 4 members (excludes halogenated alkanes) is 1. The van der Waals surface area contributed by atoms with Crippen molar-refractivity contribution >= 4 is 39.1 Å². The van der Waals surface area contributed by atoms with E-state index in [2.05, 4.69) is 5.32 Å². The Morgan fingerprint density at radius 2 is 1.63 bits per heavy atom. The first-order valence-corrected chi connectivity index (χ1v) is 15.8. The number of nitrogens with zero attached hydrogens (tertiary/aromatic N) is 2. The normalized spacial score (nSPS) is 12.0. The monoisotopic (exact) mass is 597 g/mol. The van der Waals surface area contributed by atoms with Crippen molar-refractivity contribution in [2.24, 2.45) is 0 Å². The average molecular weight is 598 g/mol. The van der Waals surface area contributed by atoms with Gasteiger partial charge in [-0.25, -0.2) is 8.42 Å². The maximum Gasteiger partial charge on any atom is 0.264 e. The van der Waals surface area contributed by atoms with Crippen LogP contribution in [-0.2, 0) is 26.2 Å². The van der Waals surface area contributed by atoms with E-state index in [1.54, 1.807) is 30.3 Å². The summed E-state index contributed by atoms with van der Waals surface area (Å²) in [6.07, 6.45) is 2.12. The number of aryl methyl sites for hydroxylation is 3. The molecule has 1 N–H and O–H groups in total. The molecule has 0 saturated carbocycles. The molecule has 7 nitrogen and oxygen atoms in total. The first-order chi connectivity index (χ1) is 19.5. The molecule has 41 heavy (non-hydrogen) atoms. The minimum absolute atomic E-state index is 0.0576. The second-order valence-corrected chi connectivity index (χ2v) is 12.6. The maximum absolute atomic E-state index is 14.1. The summed E-state index contributed by atoms with van der Waals surface area (Å²) < 4.78 is 29.0. The van der Waals surface area contributed by atoms with E-state index in [4.69, 9.17) is 11.6 Å². The second kappa shape index (κ2) is 14.5. The molecular weight excluding hydrogens is 558 g/mol. The summed E-state index contributed by atoms with van der Waals surface area (Å²) in [6.45, 7) is 9.71. The fourth-order valence-electron chi connectivity index (χ4n) is 4.54. The predicted octanol–water partition coefficient (Wildman–Crippen LogP) is 6.18. The summed E-state index contributed by atoms with van der Waals surface area (Å²) in [5.74, 6) is -0.746. The summed E-state index contributed by atoms with van der Waals surface area (Å²) >= 11 is 6.40. The first kappa shape index (κ1) is 32.2. The van der Waals surface area contributed by atoms with E-state index in [1.165, 1.54) is 17.0 Å². The van der Waals surface area contributed by atoms with Crippen molar-refractivity contribution < 1.29 is 18.0 Å². The van der Waals surface area contributed by atoms with Crippen LogP contribution in [0.2, 0.25) is 5.02 Å². The van der Waals surface area contributed by atoms with Gasteiger partial charge in [0.05, 0.1) is 10.6 Å². The van der Waals surface area contributed by atoms with Crippen molar-refractivity contribution in [3.63, 3.8) is 0 Å². The van der Waals surface area contributed by atoms with Crippen molar-refractivity contribution in [1.82, 2.24) is 10.2 Å². The zero-order valence-electron chi connectivity index (χ0n) is 24.5. The number of halogens is 1. The topological polar surface area (TPSA) is 86.8 Å². The van der Waals surface area contributed by atoms with E-state index in [9.17, 15) is 18.0 Å². The van der Waals surface area contributed by atoms with Crippen molar-refractivity contribution in [1.29, 1.82) is 0 Å². The highest BCUT2D eigenvalue weighted by Gasteiger charge is 2.33. The van der Waals surface area contributed by atoms with Gasteiger partial charge in [0.25, 0.3) is 10.0 Å². The summed E-state index contributed by atoms with van der Waals surface area (Å²) in [5, 5.41) is 3.33. The number of carbonyl (C=O) groups excluding carboxylic acids is 2. The van der Waals surface area contributed by atoms with E-state index >= 15 is 0 Å². The molecular formula is C32H40ClN3O4S. The highest BCUT2D eigenvalue weighted by Crippen LogP contribution is 2.29. The molecule has 0 radical (unpaired) electrons. The van der Waals surface area contributed by atoms with Crippen LogP contribution >= 0.6 is 11.6 Å². The largest absolute Gasteiger partial charge is 0.354 e. The van der Waals surface area contributed by atoms with Gasteiger partial charge in [0.1, 0.15) is 12.6 Å². The highest BCUT2D eigenvalue weighted by molar-refractivity contribution is 7.92. The third kappa shape index (κ3) is 8.33. The number of carbonyl (C=O) groups is 2. The SMILES string of the molecule is CCCCNC(=O)C(CC)N(Cc1cccc(C)c1)C(=O)CN(c1ccc(C)c(Cl)c1)S(=O)(=O)c1ccc(C)cc1. The lowest BCUT2D eigenvalue weighted by molar-refractivity contribution is -0.140. The minimum atomic E-state index is -4.15. The number of anilines is 1. The number of rotatable bonds is 13. The van der Waals surface area contributed by atoms with Crippen LogP contribution < -0.4 is 9.62 Å². The Morgan fingerprint density at radius 1 is 0.927 bits per heavy atom. The Hall–Kier alpha value is -3.36. The molecule has 0 aliphatic carbocycles. The zero-order chi connectivity index (χ0) is 30.2. The lowest BCUT2D eigenvalue weighted by atomic mass is 10.1. The fourth-order valence-corrected chi connectivity index (χ4v) is 6.12. The molecule has 1 unspecified atom stereocenters. The molecule has 3 rings (SSSR count). The molecule has 0 aromatic heterocycles. The third-order valence-corrected chi connectivity index (χ3v) is 9.18. The molecule has 0 saturated heterocycles. The highest BCUT2D eigenvalue weighted by atomic mass is 35.5. The van der Waals surface area contributed by atoms with Crippen molar-refractivity contribution in [3.05, 3.63) is 94.0 Å². The van der Waals surface area contributed by atoms with Crippen molar-refractivity contribution in [3.8, 4) is 0 Å². The molecule has 1 atom stereocenters. The third-order valence-electron chi connectivity index (χ3n) is 6.98. The van der Waals surface area contributed by atoms with Crippen molar-refractivity contribution in [2.45, 2.75) is 71.4 Å². The zero-order valence-corrected chi connectivity index (χ0v) is 26.1. The quantitative estimate of drug-likeness (QED) is 0.238. The molecule has 220 valence electrons. The Morgan fingerprint density at radius 3 is 2.24 bits per heavy atom. The molecule has 0 heterocycles. The number of hydrogen-bond donors (Lipinski definition) is 1. The first-order valence-electron chi connectivity index (χ1n) is 14.0. The molecule has 3 aromatic rings. The van der Waals surface area contributed by atoms with Gasteiger partial charge in [0.2, 0.25) is 11.8 Å². The average Bonchev–Trinajstić information content (AvgIpc) is 2.93. The molecule has 0 aliphatic heterocycles. The van der Waals surface area contributed by atoms with Gasteiger partial charge in [-0.05, 0) is 69.0 Å². The number of amides is 2. The Balaban J connectivity index is 2.06. The van der Waals surface area contributed by atoms with Gasteiger partial charge in [-0.2, -0.15) is 0 Å². The van der Waals surface area contributed by atoms with Gasteiger partial charge in [-0.3, -0.25) is 13.9 Å². The van der Waals surface area contributed by atoms with Crippen molar-refractivity contribution in [2.75, 3.05) is 17.4 Å². The van der Waals surface area contributed by atoms with Crippen LogP contribution in [-0.4, -0.2) is 44.3 Å². The second-order valence-electron chi connectivity index (χ2n) is 10.3. The fraction of sp³-hybridized carbons (Fsp3) is 0.375. The smallest absolute Gasteiger partial charge is 0.264 e. The Kier molecular flexibility index (Phi) is 11.4. The van der Waals surface area contributed by atoms with Gasteiger partial charge >= 0.3 is 0 Å². The molecule has 0 bridgehead atoms. The summed E-state index contributed by atoms with van der Waals surface area (Å²) in [6, 6.07) is 18.3. The maximum atomic E-state index is 14.1. The van der Waals surface area contributed by atoms with E-state index < -0.39 is 28.5 Å². The van der Waals surface area contributed by atoms with Gasteiger partial charge in [0, 0.05) is 18.1 Å². The van der Waals surface area contributed by atoms with Gasteiger partial charge < -0.3 is 10.2 Å². The van der Waals surface area contributed by atoms with Gasteiger partial charge in [-0.1, -0.05) is 85.5 Å². The van der Waals surface area contributed by atoms with Crippen LogP contribution in [0.3, 0.4) is 0 Å². The molecule has 0 fully saturated rings. The van der Waals surface area contributed by atoms with Crippen LogP contribution in [0.15, 0.2) is 71.6 Å². The van der Waals surface area contributed by atoms with Crippen LogP contribution in [0.4, 0.5) is 5.69 Å². The van der Waals surface area contributed by atoms with Crippen LogP contribution in [0.25, 0.3) is 0 Å². The summed E-state index contributed by atoms with van der Waals surface area (Å²) in [5.41, 5.74) is 3.84. The van der Waals surface area contributed by atoms with Gasteiger partial charge in [-0.15, -0.1) is 0 Å². The predicted molar refractivity (Wildman–Crippen MR) is 166 cm³/mol. The Bertz CT molecular complexity index is 1460. The molecule has 2 amide bonds. The van der Waals surface area contributed by atoms with Crippen LogP contribution in [0.5, 0.6) is 0 Å². The molecule has 0 aliphatic rings. The Labute approximate surface area is 249 Å². The van der Waals surface area contributed by atoms with E-state index in [0.717, 1.165) is 39.4 Å². The standard InChI is InChI=1S/C32H40ClN3O4S/c1-6-8-18-34-32(38)30(7-2)35(21-26-11-9-10-24(4)19-26)31(37)22-36(27-15-14-25(5)29(33)20-27)41(39,40)28-16-12-23(3)13-17-28/h9-17,19-20,30H,6-8,18,21-22H2,1-5H3,(H,34,38). The lowest BCUT2D eigenvalue weighted by Gasteiger charge is -2.33. The molecule has 0 spiro atoms. The lowest BCUT2D eigenvalue weighted by Crippen LogP contribution is -2.52. The molecule has 9 heteroatoms. The minimum Gasteiger partial charge on any atom is -0.354 e. The van der Waals surface area contributed by atoms with Gasteiger partial charge in [0.15, 0.2) is 0 Å². The molecule has 3 aromatic carbocycles. The van der Waals surface area contributed by atoms with Crippen LogP contribution in [0, 0.1) is 20.8 Å². The number of sulfonamides is 1. The van der Waals surface area contributed by atoms with E-state index in [1.807, 2.05) is 58.9 Å². The number of nitrogens with one attached hydrogen (secondary N) is 1. The number of hydrogen-bond acceptors (Lipinski definition) is 4. The number of benzene rings is 3. The van der Waals surface area contributed by atoms with Crippen LogP contribution in [0.1, 0.15) is 55.4 Å².